The first kappa shape index (κ1) is 11.3. The zero-order chi connectivity index (χ0) is 12.3. The molecule has 1 aliphatic heterocycles. The SMILES string of the molecule is C#CC(C)NC(=O)c1ccc2c(c1)OCCO2. The van der Waals surface area contributed by atoms with E-state index in [1.165, 1.54) is 0 Å². The Morgan fingerprint density at radius 3 is 2.82 bits per heavy atom. The van der Waals surface area contributed by atoms with Crippen LogP contribution >= 0.6 is 0 Å². The number of amides is 1. The van der Waals surface area contributed by atoms with E-state index in [-0.39, 0.29) is 11.9 Å². The summed E-state index contributed by atoms with van der Waals surface area (Å²) in [7, 11) is 0. The second-order valence-electron chi connectivity index (χ2n) is 3.72. The molecule has 0 bridgehead atoms. The van der Waals surface area contributed by atoms with Crippen LogP contribution in [0.3, 0.4) is 0 Å². The number of rotatable bonds is 2. The van der Waals surface area contributed by atoms with E-state index in [4.69, 9.17) is 15.9 Å². The van der Waals surface area contributed by atoms with Gasteiger partial charge in [0.15, 0.2) is 11.5 Å². The van der Waals surface area contributed by atoms with Crippen molar-refractivity contribution in [1.29, 1.82) is 0 Å². The first-order valence-electron chi connectivity index (χ1n) is 5.37. The van der Waals surface area contributed by atoms with Crippen molar-refractivity contribution >= 4 is 5.91 Å². The van der Waals surface area contributed by atoms with Gasteiger partial charge in [-0.25, -0.2) is 0 Å². The third-order valence-corrected chi connectivity index (χ3v) is 2.40. The molecule has 17 heavy (non-hydrogen) atoms. The number of nitrogens with one attached hydrogen (secondary N) is 1. The molecular formula is C13H13NO3. The maximum Gasteiger partial charge on any atom is 0.252 e. The topological polar surface area (TPSA) is 47.6 Å². The largest absolute Gasteiger partial charge is 0.486 e. The molecule has 4 nitrogen and oxygen atoms in total. The van der Waals surface area contributed by atoms with E-state index in [2.05, 4.69) is 11.2 Å². The van der Waals surface area contributed by atoms with Crippen molar-refractivity contribution in [2.24, 2.45) is 0 Å². The number of fused-ring (bicyclic) bond motifs is 1. The maximum absolute atomic E-state index is 11.8. The van der Waals surface area contributed by atoms with Crippen LogP contribution in [-0.4, -0.2) is 25.2 Å². The predicted octanol–water partition coefficient (Wildman–Crippen LogP) is 1.21. The molecule has 0 spiro atoms. The molecule has 1 aromatic carbocycles. The average molecular weight is 231 g/mol. The highest BCUT2D eigenvalue weighted by Gasteiger charge is 2.15. The van der Waals surface area contributed by atoms with Gasteiger partial charge in [0, 0.05) is 5.56 Å². The van der Waals surface area contributed by atoms with Gasteiger partial charge in [0.1, 0.15) is 13.2 Å². The lowest BCUT2D eigenvalue weighted by Gasteiger charge is -2.18. The zero-order valence-electron chi connectivity index (χ0n) is 9.53. The van der Waals surface area contributed by atoms with Crippen LogP contribution in [0.2, 0.25) is 0 Å². The van der Waals surface area contributed by atoms with Gasteiger partial charge in [-0.3, -0.25) is 4.79 Å². The van der Waals surface area contributed by atoms with E-state index < -0.39 is 0 Å². The summed E-state index contributed by atoms with van der Waals surface area (Å²) >= 11 is 0. The van der Waals surface area contributed by atoms with Crippen LogP contribution in [0.25, 0.3) is 0 Å². The van der Waals surface area contributed by atoms with Crippen molar-refractivity contribution < 1.29 is 14.3 Å². The first-order chi connectivity index (χ1) is 8.20. The van der Waals surface area contributed by atoms with Crippen LogP contribution in [-0.2, 0) is 0 Å². The van der Waals surface area contributed by atoms with E-state index >= 15 is 0 Å². The standard InChI is InChI=1S/C13H13NO3/c1-3-9(2)14-13(15)10-4-5-11-12(8-10)17-7-6-16-11/h1,4-5,8-9H,6-7H2,2H3,(H,14,15). The number of benzene rings is 1. The van der Waals surface area contributed by atoms with Gasteiger partial charge in [-0.15, -0.1) is 6.42 Å². The molecule has 1 heterocycles. The van der Waals surface area contributed by atoms with E-state index in [1.54, 1.807) is 25.1 Å². The minimum atomic E-state index is -0.296. The van der Waals surface area contributed by atoms with Crippen LogP contribution in [0, 0.1) is 12.3 Å². The van der Waals surface area contributed by atoms with Crippen LogP contribution in [0.5, 0.6) is 11.5 Å². The summed E-state index contributed by atoms with van der Waals surface area (Å²) in [6.45, 7) is 2.78. The molecule has 1 amide bonds. The number of ether oxygens (including phenoxy) is 2. The highest BCUT2D eigenvalue weighted by molar-refractivity contribution is 5.95. The highest BCUT2D eigenvalue weighted by atomic mass is 16.6. The van der Waals surface area contributed by atoms with Gasteiger partial charge in [0.25, 0.3) is 5.91 Å². The molecule has 0 saturated heterocycles. The Bertz CT molecular complexity index is 476. The third kappa shape index (κ3) is 2.51. The molecule has 1 atom stereocenters. The molecule has 1 unspecified atom stereocenters. The van der Waals surface area contributed by atoms with Crippen molar-refractivity contribution in [1.82, 2.24) is 5.32 Å². The fourth-order valence-corrected chi connectivity index (χ4v) is 1.51. The molecular weight excluding hydrogens is 218 g/mol. The molecule has 0 fully saturated rings. The molecule has 1 aliphatic rings. The molecule has 2 rings (SSSR count). The number of hydrogen-bond acceptors (Lipinski definition) is 3. The second-order valence-corrected chi connectivity index (χ2v) is 3.72. The predicted molar refractivity (Wildman–Crippen MR) is 63.2 cm³/mol. The number of carbonyl (C=O) groups excluding carboxylic acids is 1. The minimum absolute atomic E-state index is 0.215. The molecule has 4 heteroatoms. The molecule has 0 aliphatic carbocycles. The summed E-state index contributed by atoms with van der Waals surface area (Å²) in [5.74, 6) is 3.48. The van der Waals surface area contributed by atoms with E-state index in [9.17, 15) is 4.79 Å². The lowest BCUT2D eigenvalue weighted by molar-refractivity contribution is 0.0947. The normalized spacial score (nSPS) is 14.6. The smallest absolute Gasteiger partial charge is 0.252 e. The van der Waals surface area contributed by atoms with Crippen molar-refractivity contribution in [3.63, 3.8) is 0 Å². The summed E-state index contributed by atoms with van der Waals surface area (Å²) in [4.78, 5) is 11.8. The van der Waals surface area contributed by atoms with E-state index in [1.807, 2.05) is 0 Å². The highest BCUT2D eigenvalue weighted by Crippen LogP contribution is 2.30. The molecule has 0 saturated carbocycles. The van der Waals surface area contributed by atoms with Gasteiger partial charge < -0.3 is 14.8 Å². The number of carbonyl (C=O) groups is 1. The summed E-state index contributed by atoms with van der Waals surface area (Å²) in [5, 5.41) is 2.68. The molecule has 0 aromatic heterocycles. The molecule has 1 N–H and O–H groups in total. The Balaban J connectivity index is 2.17. The minimum Gasteiger partial charge on any atom is -0.486 e. The third-order valence-electron chi connectivity index (χ3n) is 2.40. The summed E-state index contributed by atoms with van der Waals surface area (Å²) in [6.07, 6.45) is 5.20. The first-order valence-corrected chi connectivity index (χ1v) is 5.37. The average Bonchev–Trinajstić information content (AvgIpc) is 2.38. The van der Waals surface area contributed by atoms with Gasteiger partial charge in [0.2, 0.25) is 0 Å². The van der Waals surface area contributed by atoms with Crippen molar-refractivity contribution in [2.45, 2.75) is 13.0 Å². The second kappa shape index (κ2) is 4.79. The quantitative estimate of drug-likeness (QED) is 0.778. The summed E-state index contributed by atoms with van der Waals surface area (Å²) in [5.41, 5.74) is 0.511. The van der Waals surface area contributed by atoms with E-state index in [0.717, 1.165) is 0 Å². The number of terminal acetylenes is 1. The van der Waals surface area contributed by atoms with Gasteiger partial charge in [-0.05, 0) is 25.1 Å². The fourth-order valence-electron chi connectivity index (χ4n) is 1.51. The van der Waals surface area contributed by atoms with Gasteiger partial charge in [-0.2, -0.15) is 0 Å². The molecule has 1 aromatic rings. The summed E-state index contributed by atoms with van der Waals surface area (Å²) < 4.78 is 10.8. The zero-order valence-corrected chi connectivity index (χ0v) is 9.53. The Kier molecular flexibility index (Phi) is 3.20. The monoisotopic (exact) mass is 231 g/mol. The fraction of sp³-hybridized carbons (Fsp3) is 0.308. The Morgan fingerprint density at radius 1 is 1.41 bits per heavy atom. The Labute approximate surface area is 99.9 Å². The van der Waals surface area contributed by atoms with Crippen LogP contribution in [0.1, 0.15) is 17.3 Å². The van der Waals surface area contributed by atoms with Crippen LogP contribution in [0.4, 0.5) is 0 Å². The number of hydrogen-bond donors (Lipinski definition) is 1. The van der Waals surface area contributed by atoms with Gasteiger partial charge >= 0.3 is 0 Å². The van der Waals surface area contributed by atoms with E-state index in [0.29, 0.717) is 30.3 Å². The van der Waals surface area contributed by atoms with Crippen molar-refractivity contribution in [2.75, 3.05) is 13.2 Å². The maximum atomic E-state index is 11.8. The Morgan fingerprint density at radius 2 is 2.12 bits per heavy atom. The van der Waals surface area contributed by atoms with Crippen LogP contribution in [0.15, 0.2) is 18.2 Å². The Hall–Kier alpha value is -2.15. The summed E-state index contributed by atoms with van der Waals surface area (Å²) in [6, 6.07) is 4.78. The molecule has 88 valence electrons. The lowest BCUT2D eigenvalue weighted by atomic mass is 10.1. The van der Waals surface area contributed by atoms with Crippen LogP contribution < -0.4 is 14.8 Å². The molecule has 0 radical (unpaired) electrons. The van der Waals surface area contributed by atoms with Crippen molar-refractivity contribution in [3.8, 4) is 23.8 Å². The van der Waals surface area contributed by atoms with Crippen molar-refractivity contribution in [3.05, 3.63) is 23.8 Å². The van der Waals surface area contributed by atoms with Gasteiger partial charge in [0.05, 0.1) is 6.04 Å². The van der Waals surface area contributed by atoms with Gasteiger partial charge in [-0.1, -0.05) is 5.92 Å². The lowest BCUT2D eigenvalue weighted by Crippen LogP contribution is -2.31.